The van der Waals surface area contributed by atoms with Crippen LogP contribution in [0.1, 0.15) is 10.4 Å². The first-order chi connectivity index (χ1) is 11.8. The van der Waals surface area contributed by atoms with E-state index in [1.54, 1.807) is 6.07 Å². The molecule has 1 aromatic heterocycles. The third-order valence-corrected chi connectivity index (χ3v) is 4.49. The third kappa shape index (κ3) is 2.37. The number of rotatable bonds is 3. The van der Waals surface area contributed by atoms with E-state index in [-0.39, 0.29) is 5.82 Å². The number of hydrogen-bond donors (Lipinski definition) is 1. The molecule has 5 heteroatoms. The molecular formula is C19H18FN3O. The number of anilines is 1. The van der Waals surface area contributed by atoms with Crippen molar-refractivity contribution < 1.29 is 9.18 Å². The van der Waals surface area contributed by atoms with Gasteiger partial charge in [-0.15, -0.1) is 0 Å². The number of benzene rings is 2. The first-order valence-corrected chi connectivity index (χ1v) is 8.10. The lowest BCUT2D eigenvalue weighted by Gasteiger charge is -2.31. The molecule has 4 rings (SSSR count). The molecule has 0 atom stereocenters. The van der Waals surface area contributed by atoms with Crippen LogP contribution in [0.25, 0.3) is 16.6 Å². The Morgan fingerprint density at radius 2 is 1.83 bits per heavy atom. The highest BCUT2D eigenvalue weighted by Crippen LogP contribution is 2.35. The van der Waals surface area contributed by atoms with Crippen molar-refractivity contribution in [2.45, 2.75) is 0 Å². The van der Waals surface area contributed by atoms with Gasteiger partial charge in [-0.3, -0.25) is 9.36 Å². The fraction of sp³-hybridized carbons (Fsp3) is 0.211. The molecule has 2 heterocycles. The summed E-state index contributed by atoms with van der Waals surface area (Å²) in [5.74, 6) is 0.558. The Morgan fingerprint density at radius 3 is 2.58 bits per heavy atom. The number of piperazine rings is 1. The number of halogens is 1. The molecule has 1 aliphatic rings. The normalized spacial score (nSPS) is 15.0. The summed E-state index contributed by atoms with van der Waals surface area (Å²) in [5.41, 5.74) is 2.31. The summed E-state index contributed by atoms with van der Waals surface area (Å²) in [6.45, 7) is 3.35. The van der Waals surface area contributed by atoms with E-state index < -0.39 is 0 Å². The number of aldehydes is 1. The average Bonchev–Trinajstić information content (AvgIpc) is 2.97. The standard InChI is InChI=1S/C19H18FN3O/c20-14-4-3-5-15(12-14)23-18-7-2-1-6-16(18)17(13-24)19(23)22-10-8-21-9-11-22/h1-7,12-13,21H,8-11H2. The molecule has 0 saturated carbocycles. The third-order valence-electron chi connectivity index (χ3n) is 4.49. The summed E-state index contributed by atoms with van der Waals surface area (Å²) in [5, 5.41) is 4.22. The minimum absolute atomic E-state index is 0.288. The van der Waals surface area contributed by atoms with Gasteiger partial charge in [0.25, 0.3) is 0 Å². The van der Waals surface area contributed by atoms with Crippen LogP contribution < -0.4 is 10.2 Å². The van der Waals surface area contributed by atoms with Crippen LogP contribution in [0.4, 0.5) is 10.2 Å². The second-order valence-electron chi connectivity index (χ2n) is 5.92. The molecule has 4 nitrogen and oxygen atoms in total. The molecule has 0 radical (unpaired) electrons. The van der Waals surface area contributed by atoms with Crippen LogP contribution in [-0.4, -0.2) is 37.0 Å². The zero-order valence-electron chi connectivity index (χ0n) is 13.2. The van der Waals surface area contributed by atoms with Crippen LogP contribution in [0.3, 0.4) is 0 Å². The predicted octanol–water partition coefficient (Wildman–Crippen LogP) is 2.99. The van der Waals surface area contributed by atoms with Crippen molar-refractivity contribution in [2.24, 2.45) is 0 Å². The SMILES string of the molecule is O=Cc1c(N2CCNCC2)n(-c2cccc(F)c2)c2ccccc12. The Bertz CT molecular complexity index is 897. The Hall–Kier alpha value is -2.66. The van der Waals surface area contributed by atoms with E-state index in [1.807, 2.05) is 34.9 Å². The zero-order valence-corrected chi connectivity index (χ0v) is 13.2. The van der Waals surface area contributed by atoms with Gasteiger partial charge in [0, 0.05) is 31.6 Å². The average molecular weight is 323 g/mol. The quantitative estimate of drug-likeness (QED) is 0.753. The lowest BCUT2D eigenvalue weighted by atomic mass is 10.2. The van der Waals surface area contributed by atoms with E-state index in [2.05, 4.69) is 10.2 Å². The fourth-order valence-electron chi connectivity index (χ4n) is 3.43. The zero-order chi connectivity index (χ0) is 16.5. The van der Waals surface area contributed by atoms with Crippen molar-refractivity contribution in [2.75, 3.05) is 31.1 Å². The summed E-state index contributed by atoms with van der Waals surface area (Å²) < 4.78 is 15.8. The lowest BCUT2D eigenvalue weighted by molar-refractivity contribution is 0.112. The van der Waals surface area contributed by atoms with Crippen LogP contribution in [0.15, 0.2) is 48.5 Å². The summed E-state index contributed by atoms with van der Waals surface area (Å²) >= 11 is 0. The van der Waals surface area contributed by atoms with Crippen LogP contribution >= 0.6 is 0 Å². The molecule has 0 aliphatic carbocycles. The van der Waals surface area contributed by atoms with Gasteiger partial charge in [-0.25, -0.2) is 4.39 Å². The number of nitrogens with one attached hydrogen (secondary N) is 1. The molecule has 2 aromatic carbocycles. The lowest BCUT2D eigenvalue weighted by Crippen LogP contribution is -2.44. The van der Waals surface area contributed by atoms with Crippen LogP contribution in [-0.2, 0) is 0 Å². The monoisotopic (exact) mass is 323 g/mol. The van der Waals surface area contributed by atoms with Crippen molar-refractivity contribution >= 4 is 23.0 Å². The molecule has 0 bridgehead atoms. The summed E-state index contributed by atoms with van der Waals surface area (Å²) in [6, 6.07) is 14.3. The predicted molar refractivity (Wildman–Crippen MR) is 93.7 cm³/mol. The van der Waals surface area contributed by atoms with Gasteiger partial charge in [0.05, 0.1) is 16.8 Å². The molecule has 122 valence electrons. The van der Waals surface area contributed by atoms with Gasteiger partial charge >= 0.3 is 0 Å². The molecule has 1 fully saturated rings. The van der Waals surface area contributed by atoms with Gasteiger partial charge in [-0.1, -0.05) is 24.3 Å². The Kier molecular flexibility index (Phi) is 3.78. The molecule has 0 amide bonds. The van der Waals surface area contributed by atoms with E-state index >= 15 is 0 Å². The number of carbonyl (C=O) groups is 1. The molecule has 0 spiro atoms. The Morgan fingerprint density at radius 1 is 1.04 bits per heavy atom. The molecular weight excluding hydrogens is 305 g/mol. The second-order valence-corrected chi connectivity index (χ2v) is 5.92. The number of aromatic nitrogens is 1. The first-order valence-electron chi connectivity index (χ1n) is 8.10. The minimum Gasteiger partial charge on any atom is -0.355 e. The molecule has 24 heavy (non-hydrogen) atoms. The Balaban J connectivity index is 2.04. The van der Waals surface area contributed by atoms with Gasteiger partial charge in [-0.05, 0) is 24.3 Å². The largest absolute Gasteiger partial charge is 0.355 e. The topological polar surface area (TPSA) is 37.3 Å². The summed E-state index contributed by atoms with van der Waals surface area (Å²) in [4.78, 5) is 14.1. The molecule has 0 unspecified atom stereocenters. The molecule has 1 aliphatic heterocycles. The summed E-state index contributed by atoms with van der Waals surface area (Å²) in [6.07, 6.45) is 0.912. The van der Waals surface area contributed by atoms with Gasteiger partial charge in [-0.2, -0.15) is 0 Å². The van der Waals surface area contributed by atoms with Gasteiger partial charge < -0.3 is 10.2 Å². The van der Waals surface area contributed by atoms with E-state index in [0.29, 0.717) is 5.56 Å². The maximum absolute atomic E-state index is 13.8. The van der Waals surface area contributed by atoms with Crippen molar-refractivity contribution in [1.82, 2.24) is 9.88 Å². The van der Waals surface area contributed by atoms with Crippen molar-refractivity contribution in [1.29, 1.82) is 0 Å². The highest BCUT2D eigenvalue weighted by Gasteiger charge is 2.23. The van der Waals surface area contributed by atoms with Gasteiger partial charge in [0.15, 0.2) is 6.29 Å². The van der Waals surface area contributed by atoms with Crippen LogP contribution in [0.2, 0.25) is 0 Å². The van der Waals surface area contributed by atoms with E-state index in [4.69, 9.17) is 0 Å². The molecule has 3 aromatic rings. The van der Waals surface area contributed by atoms with E-state index in [0.717, 1.165) is 54.9 Å². The van der Waals surface area contributed by atoms with Crippen molar-refractivity contribution in [3.63, 3.8) is 0 Å². The molecule has 1 saturated heterocycles. The highest BCUT2D eigenvalue weighted by atomic mass is 19.1. The minimum atomic E-state index is -0.288. The highest BCUT2D eigenvalue weighted by molar-refractivity contribution is 6.05. The van der Waals surface area contributed by atoms with Crippen LogP contribution in [0, 0.1) is 5.82 Å². The number of hydrogen-bond acceptors (Lipinski definition) is 3. The maximum Gasteiger partial charge on any atom is 0.154 e. The van der Waals surface area contributed by atoms with Crippen molar-refractivity contribution in [3.8, 4) is 5.69 Å². The second kappa shape index (κ2) is 6.09. The molecule has 1 N–H and O–H groups in total. The number of para-hydroxylation sites is 1. The first kappa shape index (κ1) is 14.9. The van der Waals surface area contributed by atoms with E-state index in [1.165, 1.54) is 12.1 Å². The number of nitrogens with zero attached hydrogens (tertiary/aromatic N) is 2. The maximum atomic E-state index is 13.8. The van der Waals surface area contributed by atoms with Crippen LogP contribution in [0.5, 0.6) is 0 Å². The number of carbonyl (C=O) groups excluding carboxylic acids is 1. The van der Waals surface area contributed by atoms with Gasteiger partial charge in [0.2, 0.25) is 0 Å². The van der Waals surface area contributed by atoms with Crippen molar-refractivity contribution in [3.05, 3.63) is 59.9 Å². The smallest absolute Gasteiger partial charge is 0.154 e. The summed E-state index contributed by atoms with van der Waals surface area (Å²) in [7, 11) is 0. The Labute approximate surface area is 139 Å². The fourth-order valence-corrected chi connectivity index (χ4v) is 3.43. The van der Waals surface area contributed by atoms with E-state index in [9.17, 15) is 9.18 Å². The number of fused-ring (bicyclic) bond motifs is 1. The van der Waals surface area contributed by atoms with Gasteiger partial charge in [0.1, 0.15) is 11.6 Å².